The molecule has 4 heteroatoms. The molecule has 138 valence electrons. The van der Waals surface area contributed by atoms with Crippen LogP contribution in [-0.4, -0.2) is 31.7 Å². The van der Waals surface area contributed by atoms with Gasteiger partial charge in [0.1, 0.15) is 12.2 Å². The number of hydrogen-bond donors (Lipinski definition) is 0. The van der Waals surface area contributed by atoms with Gasteiger partial charge in [0.25, 0.3) is 0 Å². The molecule has 2 heterocycles. The van der Waals surface area contributed by atoms with Crippen molar-refractivity contribution in [2.24, 2.45) is 0 Å². The monoisotopic (exact) mass is 346 g/mol. The van der Waals surface area contributed by atoms with Crippen molar-refractivity contribution < 1.29 is 18.9 Å². The first-order valence-corrected chi connectivity index (χ1v) is 9.64. The van der Waals surface area contributed by atoms with Gasteiger partial charge >= 0.3 is 0 Å². The highest BCUT2D eigenvalue weighted by Gasteiger charge is 2.35. The largest absolute Gasteiger partial charge is 0.349 e. The summed E-state index contributed by atoms with van der Waals surface area (Å²) in [5.74, 6) is 0. The zero-order valence-electron chi connectivity index (χ0n) is 15.1. The molecule has 4 nitrogen and oxygen atoms in total. The molecule has 2 aliphatic heterocycles. The van der Waals surface area contributed by atoms with Crippen molar-refractivity contribution in [3.8, 4) is 0 Å². The maximum Gasteiger partial charge on any atom is 0.184 e. The minimum atomic E-state index is -0.323. The molecule has 1 aromatic carbocycles. The third-order valence-electron chi connectivity index (χ3n) is 4.68. The molecular weight excluding hydrogens is 316 g/mol. The van der Waals surface area contributed by atoms with E-state index in [1.165, 1.54) is 32.1 Å². The van der Waals surface area contributed by atoms with Crippen LogP contribution in [0, 0.1) is 0 Å². The maximum absolute atomic E-state index is 6.02. The van der Waals surface area contributed by atoms with Gasteiger partial charge in [-0.05, 0) is 12.5 Å². The van der Waals surface area contributed by atoms with E-state index >= 15 is 0 Å². The van der Waals surface area contributed by atoms with Gasteiger partial charge in [0.2, 0.25) is 0 Å². The van der Waals surface area contributed by atoms with Crippen LogP contribution in [0.1, 0.15) is 57.3 Å². The number of fused-ring (bicyclic) bond motifs is 1. The first kappa shape index (κ1) is 18.6. The summed E-state index contributed by atoms with van der Waals surface area (Å²) in [6, 6.07) is 10.0. The predicted molar refractivity (Wildman–Crippen MR) is 97.1 cm³/mol. The minimum Gasteiger partial charge on any atom is -0.349 e. The molecule has 0 amide bonds. The van der Waals surface area contributed by atoms with E-state index in [2.05, 4.69) is 13.0 Å². The molecule has 1 aromatic rings. The lowest BCUT2D eigenvalue weighted by Crippen LogP contribution is -2.45. The standard InChI is InChI=1S/C21H30O4/c1-2-3-4-5-6-10-15-22-20-14-13-18-19(24-20)16-23-21(25-18)17-11-8-7-9-12-17/h7-9,11-14,18-21H,2-6,10,15-16H2,1H3/t18-,19+,20+,21?/m0/s1. The third kappa shape index (κ3) is 5.65. The molecule has 3 rings (SSSR count). The number of hydrogen-bond acceptors (Lipinski definition) is 4. The lowest BCUT2D eigenvalue weighted by molar-refractivity contribution is -0.283. The maximum atomic E-state index is 6.02. The highest BCUT2D eigenvalue weighted by molar-refractivity contribution is 5.17. The zero-order chi connectivity index (χ0) is 17.3. The Morgan fingerprint density at radius 2 is 1.76 bits per heavy atom. The Labute approximate surface area is 151 Å². The van der Waals surface area contributed by atoms with E-state index in [1.54, 1.807) is 0 Å². The molecule has 4 atom stereocenters. The molecule has 0 bridgehead atoms. The Kier molecular flexibility index (Phi) is 7.49. The molecule has 2 aliphatic rings. The molecule has 0 saturated carbocycles. The SMILES string of the molecule is CCCCCCCCO[C@H]1C=C[C@@H]2OC(c3ccccc3)OC[C@H]2O1. The smallest absolute Gasteiger partial charge is 0.184 e. The van der Waals surface area contributed by atoms with Crippen molar-refractivity contribution in [1.82, 2.24) is 0 Å². The topological polar surface area (TPSA) is 36.9 Å². The molecule has 1 fully saturated rings. The van der Waals surface area contributed by atoms with Crippen LogP contribution in [0.3, 0.4) is 0 Å². The fourth-order valence-corrected chi connectivity index (χ4v) is 3.21. The molecule has 0 spiro atoms. The van der Waals surface area contributed by atoms with Crippen LogP contribution < -0.4 is 0 Å². The summed E-state index contributed by atoms with van der Waals surface area (Å²) in [5, 5.41) is 0. The Bertz CT molecular complexity index is 516. The van der Waals surface area contributed by atoms with Gasteiger partial charge in [-0.2, -0.15) is 0 Å². The highest BCUT2D eigenvalue weighted by atomic mass is 16.7. The van der Waals surface area contributed by atoms with Crippen LogP contribution in [0.5, 0.6) is 0 Å². The first-order valence-electron chi connectivity index (χ1n) is 9.64. The summed E-state index contributed by atoms with van der Waals surface area (Å²) in [7, 11) is 0. The van der Waals surface area contributed by atoms with Crippen LogP contribution in [0.4, 0.5) is 0 Å². The highest BCUT2D eigenvalue weighted by Crippen LogP contribution is 2.30. The lowest BCUT2D eigenvalue weighted by Gasteiger charge is -2.38. The van der Waals surface area contributed by atoms with Crippen molar-refractivity contribution in [3.05, 3.63) is 48.0 Å². The van der Waals surface area contributed by atoms with E-state index in [0.717, 1.165) is 18.6 Å². The Morgan fingerprint density at radius 1 is 0.960 bits per heavy atom. The van der Waals surface area contributed by atoms with Crippen molar-refractivity contribution in [1.29, 1.82) is 0 Å². The summed E-state index contributed by atoms with van der Waals surface area (Å²) in [6.45, 7) is 3.50. The summed E-state index contributed by atoms with van der Waals surface area (Å²) < 4.78 is 23.6. The van der Waals surface area contributed by atoms with Crippen LogP contribution in [0.25, 0.3) is 0 Å². The molecule has 1 saturated heterocycles. The lowest BCUT2D eigenvalue weighted by atomic mass is 10.1. The Balaban J connectivity index is 1.38. The minimum absolute atomic E-state index is 0.0761. The average Bonchev–Trinajstić information content (AvgIpc) is 2.67. The fraction of sp³-hybridized carbons (Fsp3) is 0.619. The molecular formula is C21H30O4. The van der Waals surface area contributed by atoms with Gasteiger partial charge < -0.3 is 18.9 Å². The van der Waals surface area contributed by atoms with Gasteiger partial charge in [0.15, 0.2) is 12.6 Å². The predicted octanol–water partition coefficient (Wildman–Crippen LogP) is 4.76. The van der Waals surface area contributed by atoms with E-state index < -0.39 is 0 Å². The summed E-state index contributed by atoms with van der Waals surface area (Å²) >= 11 is 0. The zero-order valence-corrected chi connectivity index (χ0v) is 15.1. The second kappa shape index (κ2) is 10.1. The summed E-state index contributed by atoms with van der Waals surface area (Å²) in [5.41, 5.74) is 1.04. The van der Waals surface area contributed by atoms with Crippen LogP contribution in [-0.2, 0) is 18.9 Å². The number of rotatable bonds is 9. The van der Waals surface area contributed by atoms with E-state index in [9.17, 15) is 0 Å². The second-order valence-corrected chi connectivity index (χ2v) is 6.74. The third-order valence-corrected chi connectivity index (χ3v) is 4.68. The van der Waals surface area contributed by atoms with Crippen molar-refractivity contribution in [3.63, 3.8) is 0 Å². The normalized spacial score (nSPS) is 28.7. The fourth-order valence-electron chi connectivity index (χ4n) is 3.21. The Hall–Kier alpha value is -1.20. The molecule has 1 unspecified atom stereocenters. The van der Waals surface area contributed by atoms with E-state index in [0.29, 0.717) is 6.61 Å². The van der Waals surface area contributed by atoms with Gasteiger partial charge in [-0.3, -0.25) is 0 Å². The van der Waals surface area contributed by atoms with Gasteiger partial charge in [-0.25, -0.2) is 0 Å². The molecule has 0 aliphatic carbocycles. The van der Waals surface area contributed by atoms with Gasteiger partial charge in [0.05, 0.1) is 13.2 Å². The number of benzene rings is 1. The van der Waals surface area contributed by atoms with Gasteiger partial charge in [0, 0.05) is 5.56 Å². The molecule has 0 radical (unpaired) electrons. The summed E-state index contributed by atoms with van der Waals surface area (Å²) in [4.78, 5) is 0. The quantitative estimate of drug-likeness (QED) is 0.477. The van der Waals surface area contributed by atoms with E-state index in [-0.39, 0.29) is 24.8 Å². The molecule has 0 N–H and O–H groups in total. The van der Waals surface area contributed by atoms with Crippen molar-refractivity contribution >= 4 is 0 Å². The number of unbranched alkanes of at least 4 members (excludes halogenated alkanes) is 5. The van der Waals surface area contributed by atoms with E-state index in [4.69, 9.17) is 18.9 Å². The van der Waals surface area contributed by atoms with E-state index in [1.807, 2.05) is 36.4 Å². The first-order chi connectivity index (χ1) is 12.4. The molecule has 25 heavy (non-hydrogen) atoms. The van der Waals surface area contributed by atoms with Crippen molar-refractivity contribution in [2.45, 2.75) is 70.2 Å². The Morgan fingerprint density at radius 3 is 2.60 bits per heavy atom. The number of ether oxygens (including phenoxy) is 4. The summed E-state index contributed by atoms with van der Waals surface area (Å²) in [6.07, 6.45) is 10.8. The average molecular weight is 346 g/mol. The van der Waals surface area contributed by atoms with Crippen LogP contribution in [0.2, 0.25) is 0 Å². The van der Waals surface area contributed by atoms with Crippen LogP contribution in [0.15, 0.2) is 42.5 Å². The molecule has 0 aromatic heterocycles. The van der Waals surface area contributed by atoms with Gasteiger partial charge in [-0.15, -0.1) is 0 Å². The second-order valence-electron chi connectivity index (χ2n) is 6.74. The van der Waals surface area contributed by atoms with Crippen molar-refractivity contribution in [2.75, 3.05) is 13.2 Å². The van der Waals surface area contributed by atoms with Crippen LogP contribution >= 0.6 is 0 Å². The van der Waals surface area contributed by atoms with Gasteiger partial charge in [-0.1, -0.05) is 75.4 Å².